The molecule has 1 aromatic rings. The topological polar surface area (TPSA) is 37.4 Å². The number of carbonyl (C=O) groups excluding carboxylic acids is 2. The zero-order chi connectivity index (χ0) is 14.4. The van der Waals surface area contributed by atoms with Crippen LogP contribution in [-0.2, 0) is 9.59 Å². The van der Waals surface area contributed by atoms with Crippen LogP contribution in [0.1, 0.15) is 25.7 Å². The van der Waals surface area contributed by atoms with E-state index in [2.05, 4.69) is 12.2 Å². The van der Waals surface area contributed by atoms with Gasteiger partial charge in [-0.15, -0.1) is 0 Å². The minimum Gasteiger partial charge on any atom is -0.274 e. The van der Waals surface area contributed by atoms with Crippen LogP contribution in [0.25, 0.3) is 0 Å². The zero-order valence-electron chi connectivity index (χ0n) is 11.9. The van der Waals surface area contributed by atoms with Crippen molar-refractivity contribution in [2.75, 3.05) is 4.90 Å². The monoisotopic (exact) mass is 281 g/mol. The Balaban J connectivity index is 1.65. The molecule has 0 aromatic heterocycles. The molecule has 1 saturated heterocycles. The number of fused-ring (bicyclic) bond motifs is 4. The molecule has 108 valence electrons. The van der Waals surface area contributed by atoms with Crippen molar-refractivity contribution in [2.45, 2.75) is 25.7 Å². The number of amides is 2. The number of hydrogen-bond acceptors (Lipinski definition) is 2. The van der Waals surface area contributed by atoms with E-state index in [0.717, 1.165) is 31.4 Å². The number of imide groups is 1. The van der Waals surface area contributed by atoms with Crippen LogP contribution in [0.5, 0.6) is 0 Å². The molecule has 1 heterocycles. The Kier molecular flexibility index (Phi) is 2.95. The van der Waals surface area contributed by atoms with Gasteiger partial charge >= 0.3 is 0 Å². The summed E-state index contributed by atoms with van der Waals surface area (Å²) in [6, 6.07) is 9.36. The summed E-state index contributed by atoms with van der Waals surface area (Å²) in [6.45, 7) is 0. The van der Waals surface area contributed by atoms with E-state index in [0.29, 0.717) is 11.8 Å². The first kappa shape index (κ1) is 12.8. The smallest absolute Gasteiger partial charge is 0.237 e. The van der Waals surface area contributed by atoms with E-state index in [-0.39, 0.29) is 23.7 Å². The molecule has 0 unspecified atom stereocenters. The SMILES string of the molecule is O=C1[C@@H]2[C@@H]3CC/C=C/CC[C@H]3[C@@H]2C(=O)N1c1ccccc1. The lowest BCUT2D eigenvalue weighted by Crippen LogP contribution is -2.48. The van der Waals surface area contributed by atoms with Crippen LogP contribution in [0, 0.1) is 23.7 Å². The predicted octanol–water partition coefficient (Wildman–Crippen LogP) is 3.17. The van der Waals surface area contributed by atoms with Crippen LogP contribution < -0.4 is 4.90 Å². The van der Waals surface area contributed by atoms with Crippen molar-refractivity contribution in [3.63, 3.8) is 0 Å². The van der Waals surface area contributed by atoms with Gasteiger partial charge in [0.2, 0.25) is 11.8 Å². The van der Waals surface area contributed by atoms with Crippen LogP contribution in [0.3, 0.4) is 0 Å². The predicted molar refractivity (Wildman–Crippen MR) is 80.5 cm³/mol. The Hall–Kier alpha value is -1.90. The molecule has 2 fully saturated rings. The zero-order valence-corrected chi connectivity index (χ0v) is 11.9. The van der Waals surface area contributed by atoms with Gasteiger partial charge in [0.1, 0.15) is 0 Å². The molecular formula is C18H19NO2. The fraction of sp³-hybridized carbons (Fsp3) is 0.444. The molecular weight excluding hydrogens is 262 g/mol. The summed E-state index contributed by atoms with van der Waals surface area (Å²) in [4.78, 5) is 26.9. The van der Waals surface area contributed by atoms with Crippen LogP contribution in [0.4, 0.5) is 5.69 Å². The number of nitrogens with zero attached hydrogens (tertiary/aromatic N) is 1. The third kappa shape index (κ3) is 1.80. The highest BCUT2D eigenvalue weighted by Gasteiger charge is 2.63. The third-order valence-electron chi connectivity index (χ3n) is 5.38. The molecule has 0 radical (unpaired) electrons. The number of carbonyl (C=O) groups is 2. The lowest BCUT2D eigenvalue weighted by Gasteiger charge is -2.46. The molecule has 0 bridgehead atoms. The molecule has 3 nitrogen and oxygen atoms in total. The molecule has 4 atom stereocenters. The van der Waals surface area contributed by atoms with Gasteiger partial charge in [-0.3, -0.25) is 14.5 Å². The van der Waals surface area contributed by atoms with E-state index in [1.807, 2.05) is 30.3 Å². The average molecular weight is 281 g/mol. The fourth-order valence-corrected chi connectivity index (χ4v) is 4.43. The second kappa shape index (κ2) is 4.83. The van der Waals surface area contributed by atoms with E-state index >= 15 is 0 Å². The van der Waals surface area contributed by atoms with E-state index in [1.54, 1.807) is 0 Å². The number of anilines is 1. The van der Waals surface area contributed by atoms with Gasteiger partial charge in [0.15, 0.2) is 0 Å². The van der Waals surface area contributed by atoms with Gasteiger partial charge in [0, 0.05) is 0 Å². The van der Waals surface area contributed by atoms with Crippen molar-refractivity contribution in [3.05, 3.63) is 42.5 Å². The fourth-order valence-electron chi connectivity index (χ4n) is 4.43. The Morgan fingerprint density at radius 3 is 1.86 bits per heavy atom. The van der Waals surface area contributed by atoms with Gasteiger partial charge in [-0.25, -0.2) is 0 Å². The van der Waals surface area contributed by atoms with Gasteiger partial charge in [-0.1, -0.05) is 30.4 Å². The van der Waals surface area contributed by atoms with Crippen molar-refractivity contribution < 1.29 is 9.59 Å². The maximum atomic E-state index is 12.7. The molecule has 0 spiro atoms. The van der Waals surface area contributed by atoms with Crippen LogP contribution >= 0.6 is 0 Å². The highest BCUT2D eigenvalue weighted by Crippen LogP contribution is 2.56. The molecule has 1 aromatic carbocycles. The number of hydrogen-bond donors (Lipinski definition) is 0. The third-order valence-corrected chi connectivity index (χ3v) is 5.38. The largest absolute Gasteiger partial charge is 0.274 e. The van der Waals surface area contributed by atoms with E-state index in [4.69, 9.17) is 0 Å². The van der Waals surface area contributed by atoms with Crippen molar-refractivity contribution in [1.29, 1.82) is 0 Å². The highest BCUT2D eigenvalue weighted by molar-refractivity contribution is 6.23. The normalized spacial score (nSPS) is 36.3. The number of allylic oxidation sites excluding steroid dienone is 2. The Morgan fingerprint density at radius 1 is 0.810 bits per heavy atom. The summed E-state index contributed by atoms with van der Waals surface area (Å²) >= 11 is 0. The van der Waals surface area contributed by atoms with Crippen molar-refractivity contribution in [1.82, 2.24) is 0 Å². The van der Waals surface area contributed by atoms with Gasteiger partial charge in [-0.2, -0.15) is 0 Å². The first-order valence-electron chi connectivity index (χ1n) is 7.87. The molecule has 3 heteroatoms. The molecule has 1 aliphatic heterocycles. The summed E-state index contributed by atoms with van der Waals surface area (Å²) in [7, 11) is 0. The Labute approximate surface area is 124 Å². The number of benzene rings is 1. The standard InChI is InChI=1S/C18H19NO2/c20-17-15-13-10-6-1-2-7-11-14(13)16(15)18(21)19(17)12-8-4-3-5-9-12/h1-5,8-9,13-16H,6-7,10-11H2/b2-1+/t13-,14-,15-,16+/m1/s1. The van der Waals surface area contributed by atoms with Gasteiger partial charge in [0.25, 0.3) is 0 Å². The number of para-hydroxylation sites is 1. The van der Waals surface area contributed by atoms with E-state index in [9.17, 15) is 9.59 Å². The molecule has 0 N–H and O–H groups in total. The van der Waals surface area contributed by atoms with Gasteiger partial charge in [0.05, 0.1) is 17.5 Å². The molecule has 1 saturated carbocycles. The van der Waals surface area contributed by atoms with Crippen molar-refractivity contribution in [3.8, 4) is 0 Å². The van der Waals surface area contributed by atoms with Crippen molar-refractivity contribution in [2.24, 2.45) is 23.7 Å². The summed E-state index contributed by atoms with van der Waals surface area (Å²) < 4.78 is 0. The molecule has 21 heavy (non-hydrogen) atoms. The quantitative estimate of drug-likeness (QED) is 0.585. The van der Waals surface area contributed by atoms with Gasteiger partial charge in [-0.05, 0) is 49.7 Å². The second-order valence-electron chi connectivity index (χ2n) is 6.35. The molecule has 3 aliphatic rings. The summed E-state index contributed by atoms with van der Waals surface area (Å²) in [6.07, 6.45) is 8.61. The molecule has 2 amide bonds. The second-order valence-corrected chi connectivity index (χ2v) is 6.35. The summed E-state index contributed by atoms with van der Waals surface area (Å²) in [5.74, 6) is 0.752. The lowest BCUT2D eigenvalue weighted by molar-refractivity contribution is -0.137. The molecule has 2 aliphatic carbocycles. The maximum absolute atomic E-state index is 12.7. The van der Waals surface area contributed by atoms with Crippen molar-refractivity contribution >= 4 is 17.5 Å². The average Bonchev–Trinajstić information content (AvgIpc) is 2.68. The van der Waals surface area contributed by atoms with E-state index < -0.39 is 0 Å². The Bertz CT molecular complexity index is 573. The lowest BCUT2D eigenvalue weighted by atomic mass is 9.54. The number of rotatable bonds is 1. The minimum absolute atomic E-state index is 0.0296. The highest BCUT2D eigenvalue weighted by atomic mass is 16.2. The van der Waals surface area contributed by atoms with Gasteiger partial charge < -0.3 is 0 Å². The van der Waals surface area contributed by atoms with Crippen LogP contribution in [-0.4, -0.2) is 11.8 Å². The maximum Gasteiger partial charge on any atom is 0.237 e. The van der Waals surface area contributed by atoms with Crippen LogP contribution in [0.2, 0.25) is 0 Å². The Morgan fingerprint density at radius 2 is 1.33 bits per heavy atom. The summed E-state index contributed by atoms with van der Waals surface area (Å²) in [5, 5.41) is 0. The first-order chi connectivity index (χ1) is 10.3. The van der Waals surface area contributed by atoms with Crippen LogP contribution in [0.15, 0.2) is 42.5 Å². The molecule has 4 rings (SSSR count). The first-order valence-corrected chi connectivity index (χ1v) is 7.87. The summed E-state index contributed by atoms with van der Waals surface area (Å²) in [5.41, 5.74) is 0.729. The van der Waals surface area contributed by atoms with E-state index in [1.165, 1.54) is 4.90 Å². The minimum atomic E-state index is -0.0609.